The average molecular weight is 372 g/mol. The van der Waals surface area contributed by atoms with E-state index in [9.17, 15) is 4.79 Å². The SMILES string of the molecule is O=C(O)N1CCC(n2cnc3c(-c4ccc5ccccc5c4)ccnc32)CC1. The number of likely N-dealkylation sites (tertiary alicyclic amines) is 1. The Balaban J connectivity index is 1.53. The van der Waals surface area contributed by atoms with Gasteiger partial charge in [-0.15, -0.1) is 0 Å². The third-order valence-corrected chi connectivity index (χ3v) is 5.65. The van der Waals surface area contributed by atoms with E-state index >= 15 is 0 Å². The Morgan fingerprint density at radius 2 is 1.79 bits per heavy atom. The van der Waals surface area contributed by atoms with Gasteiger partial charge in [-0.1, -0.05) is 36.4 Å². The first-order chi connectivity index (χ1) is 13.7. The van der Waals surface area contributed by atoms with Crippen LogP contribution in [-0.4, -0.2) is 43.7 Å². The van der Waals surface area contributed by atoms with Crippen LogP contribution in [0.5, 0.6) is 0 Å². The summed E-state index contributed by atoms with van der Waals surface area (Å²) in [6.45, 7) is 1.09. The van der Waals surface area contributed by atoms with E-state index in [2.05, 4.69) is 44.9 Å². The molecule has 0 bridgehead atoms. The first-order valence-corrected chi connectivity index (χ1v) is 9.49. The van der Waals surface area contributed by atoms with Gasteiger partial charge >= 0.3 is 6.09 Å². The Morgan fingerprint density at radius 1 is 1.00 bits per heavy atom. The first kappa shape index (κ1) is 16.7. The van der Waals surface area contributed by atoms with Crippen molar-refractivity contribution in [1.29, 1.82) is 0 Å². The Labute approximate surface area is 162 Å². The molecule has 0 radical (unpaired) electrons. The minimum Gasteiger partial charge on any atom is -0.465 e. The number of imidazole rings is 1. The van der Waals surface area contributed by atoms with E-state index in [0.717, 1.165) is 35.1 Å². The van der Waals surface area contributed by atoms with Gasteiger partial charge in [0.25, 0.3) is 0 Å². The predicted octanol–water partition coefficient (Wildman–Crippen LogP) is 4.57. The molecule has 1 aliphatic heterocycles. The highest BCUT2D eigenvalue weighted by Crippen LogP contribution is 2.32. The second-order valence-corrected chi connectivity index (χ2v) is 7.25. The third kappa shape index (κ3) is 2.78. The number of amides is 1. The lowest BCUT2D eigenvalue weighted by Crippen LogP contribution is -2.38. The molecular weight excluding hydrogens is 352 g/mol. The second kappa shape index (κ2) is 6.64. The molecule has 28 heavy (non-hydrogen) atoms. The summed E-state index contributed by atoms with van der Waals surface area (Å²) in [7, 11) is 0. The molecule has 1 amide bonds. The van der Waals surface area contributed by atoms with E-state index in [4.69, 9.17) is 5.11 Å². The molecule has 2 aromatic carbocycles. The largest absolute Gasteiger partial charge is 0.465 e. The van der Waals surface area contributed by atoms with Gasteiger partial charge in [-0.25, -0.2) is 14.8 Å². The smallest absolute Gasteiger partial charge is 0.407 e. The van der Waals surface area contributed by atoms with Gasteiger partial charge in [-0.2, -0.15) is 0 Å². The number of nitrogens with zero attached hydrogens (tertiary/aromatic N) is 4. The van der Waals surface area contributed by atoms with Crippen molar-refractivity contribution in [2.24, 2.45) is 0 Å². The van der Waals surface area contributed by atoms with Gasteiger partial charge in [0.15, 0.2) is 5.65 Å². The lowest BCUT2D eigenvalue weighted by molar-refractivity contribution is 0.126. The van der Waals surface area contributed by atoms with Gasteiger partial charge in [0, 0.05) is 30.9 Å². The zero-order valence-corrected chi connectivity index (χ0v) is 15.3. The molecule has 140 valence electrons. The lowest BCUT2D eigenvalue weighted by Gasteiger charge is -2.30. The van der Waals surface area contributed by atoms with Crippen LogP contribution in [0.25, 0.3) is 33.1 Å². The quantitative estimate of drug-likeness (QED) is 0.560. The van der Waals surface area contributed by atoms with E-state index in [1.54, 1.807) is 0 Å². The number of rotatable bonds is 2. The summed E-state index contributed by atoms with van der Waals surface area (Å²) < 4.78 is 2.11. The maximum absolute atomic E-state index is 11.1. The molecule has 3 heterocycles. The van der Waals surface area contributed by atoms with Crippen molar-refractivity contribution in [3.63, 3.8) is 0 Å². The fourth-order valence-corrected chi connectivity index (χ4v) is 4.13. The van der Waals surface area contributed by atoms with Crippen molar-refractivity contribution in [1.82, 2.24) is 19.4 Å². The second-order valence-electron chi connectivity index (χ2n) is 7.25. The summed E-state index contributed by atoms with van der Waals surface area (Å²) in [6, 6.07) is 17.0. The molecule has 6 nitrogen and oxygen atoms in total. The van der Waals surface area contributed by atoms with Crippen LogP contribution in [-0.2, 0) is 0 Å². The molecule has 1 aliphatic rings. The number of carboxylic acid groups (broad SMARTS) is 1. The molecule has 2 aromatic heterocycles. The maximum Gasteiger partial charge on any atom is 0.407 e. The average Bonchev–Trinajstić information content (AvgIpc) is 3.17. The van der Waals surface area contributed by atoms with Gasteiger partial charge in [0.05, 0.1) is 6.33 Å². The molecule has 1 saturated heterocycles. The van der Waals surface area contributed by atoms with Gasteiger partial charge in [-0.05, 0) is 41.3 Å². The van der Waals surface area contributed by atoms with Crippen molar-refractivity contribution >= 4 is 28.0 Å². The minimum absolute atomic E-state index is 0.222. The molecule has 0 atom stereocenters. The highest BCUT2D eigenvalue weighted by atomic mass is 16.4. The maximum atomic E-state index is 11.1. The fourth-order valence-electron chi connectivity index (χ4n) is 4.13. The number of hydrogen-bond acceptors (Lipinski definition) is 3. The van der Waals surface area contributed by atoms with Crippen molar-refractivity contribution in [3.8, 4) is 11.1 Å². The molecule has 0 spiro atoms. The Morgan fingerprint density at radius 3 is 2.57 bits per heavy atom. The lowest BCUT2D eigenvalue weighted by atomic mass is 10.0. The van der Waals surface area contributed by atoms with Gasteiger partial charge in [-0.3, -0.25) is 0 Å². The predicted molar refractivity (Wildman–Crippen MR) is 108 cm³/mol. The molecular formula is C22H20N4O2. The van der Waals surface area contributed by atoms with Crippen LogP contribution in [0, 0.1) is 0 Å². The summed E-state index contributed by atoms with van der Waals surface area (Å²) in [5.41, 5.74) is 3.94. The van der Waals surface area contributed by atoms with E-state index in [1.807, 2.05) is 30.7 Å². The number of hydrogen-bond donors (Lipinski definition) is 1. The van der Waals surface area contributed by atoms with Crippen molar-refractivity contribution in [2.75, 3.05) is 13.1 Å². The van der Waals surface area contributed by atoms with E-state index in [1.165, 1.54) is 15.7 Å². The number of fused-ring (bicyclic) bond motifs is 2. The van der Waals surface area contributed by atoms with Crippen LogP contribution in [0.4, 0.5) is 4.79 Å². The minimum atomic E-state index is -0.842. The van der Waals surface area contributed by atoms with E-state index < -0.39 is 6.09 Å². The number of carbonyl (C=O) groups is 1. The Hall–Kier alpha value is -3.41. The number of benzene rings is 2. The van der Waals surface area contributed by atoms with Gasteiger partial charge < -0.3 is 14.6 Å². The fraction of sp³-hybridized carbons (Fsp3) is 0.227. The monoisotopic (exact) mass is 372 g/mol. The van der Waals surface area contributed by atoms with E-state index in [0.29, 0.717) is 13.1 Å². The number of aromatic nitrogens is 3. The van der Waals surface area contributed by atoms with Crippen LogP contribution in [0.1, 0.15) is 18.9 Å². The summed E-state index contributed by atoms with van der Waals surface area (Å²) in [5.74, 6) is 0. The first-order valence-electron chi connectivity index (χ1n) is 9.49. The summed E-state index contributed by atoms with van der Waals surface area (Å²) >= 11 is 0. The zero-order chi connectivity index (χ0) is 19.1. The van der Waals surface area contributed by atoms with Crippen LogP contribution in [0.3, 0.4) is 0 Å². The van der Waals surface area contributed by atoms with Crippen LogP contribution < -0.4 is 0 Å². The molecule has 6 heteroatoms. The van der Waals surface area contributed by atoms with Crippen LogP contribution in [0.2, 0.25) is 0 Å². The van der Waals surface area contributed by atoms with E-state index in [-0.39, 0.29) is 6.04 Å². The summed E-state index contributed by atoms with van der Waals surface area (Å²) in [4.78, 5) is 21.9. The Kier molecular flexibility index (Phi) is 3.97. The zero-order valence-electron chi connectivity index (χ0n) is 15.3. The van der Waals surface area contributed by atoms with Gasteiger partial charge in [0.2, 0.25) is 0 Å². The topological polar surface area (TPSA) is 71.2 Å². The van der Waals surface area contributed by atoms with Crippen molar-refractivity contribution < 1.29 is 9.90 Å². The standard InChI is InChI=1S/C22H20N4O2/c27-22(28)25-11-8-18(9-12-25)26-14-24-20-19(7-10-23-21(20)26)17-6-5-15-3-1-2-4-16(15)13-17/h1-7,10,13-14,18H,8-9,11-12H2,(H,27,28). The van der Waals surface area contributed by atoms with Crippen LogP contribution >= 0.6 is 0 Å². The molecule has 1 fully saturated rings. The summed E-state index contributed by atoms with van der Waals surface area (Å²) in [5, 5.41) is 11.6. The highest BCUT2D eigenvalue weighted by Gasteiger charge is 2.25. The third-order valence-electron chi connectivity index (χ3n) is 5.65. The number of piperidine rings is 1. The molecule has 0 aliphatic carbocycles. The molecule has 5 rings (SSSR count). The highest BCUT2D eigenvalue weighted by molar-refractivity contribution is 5.94. The number of pyridine rings is 1. The Bertz CT molecular complexity index is 1180. The van der Waals surface area contributed by atoms with Crippen LogP contribution in [0.15, 0.2) is 61.1 Å². The normalized spacial score (nSPS) is 15.4. The van der Waals surface area contributed by atoms with Crippen molar-refractivity contribution in [3.05, 3.63) is 61.1 Å². The van der Waals surface area contributed by atoms with Gasteiger partial charge in [0.1, 0.15) is 5.52 Å². The molecule has 4 aromatic rings. The summed E-state index contributed by atoms with van der Waals surface area (Å²) in [6.07, 6.45) is 4.39. The molecule has 1 N–H and O–H groups in total. The molecule has 0 saturated carbocycles. The van der Waals surface area contributed by atoms with Crippen molar-refractivity contribution in [2.45, 2.75) is 18.9 Å². The molecule has 0 unspecified atom stereocenters.